The molecule has 0 heterocycles. The van der Waals surface area contributed by atoms with Crippen LogP contribution < -0.4 is 10.1 Å². The van der Waals surface area contributed by atoms with Crippen molar-refractivity contribution in [1.82, 2.24) is 4.90 Å². The van der Waals surface area contributed by atoms with E-state index in [1.54, 1.807) is 24.3 Å². The van der Waals surface area contributed by atoms with Crippen LogP contribution >= 0.6 is 11.6 Å². The van der Waals surface area contributed by atoms with Crippen molar-refractivity contribution in [3.8, 4) is 5.75 Å². The second-order valence-electron chi connectivity index (χ2n) is 5.90. The van der Waals surface area contributed by atoms with Crippen LogP contribution in [0.1, 0.15) is 23.7 Å². The van der Waals surface area contributed by atoms with E-state index in [2.05, 4.69) is 5.32 Å². The van der Waals surface area contributed by atoms with Gasteiger partial charge in [-0.2, -0.15) is 0 Å². The van der Waals surface area contributed by atoms with E-state index in [0.717, 1.165) is 6.07 Å². The number of anilines is 1. The fourth-order valence-corrected chi connectivity index (χ4v) is 2.79. The smallest absolute Gasteiger partial charge is 0.270 e. The van der Waals surface area contributed by atoms with E-state index >= 15 is 0 Å². The number of ether oxygens (including phenoxy) is 1. The number of hydrogen-bond acceptors (Lipinski definition) is 5. The van der Waals surface area contributed by atoms with Crippen LogP contribution in [0.4, 0.5) is 11.4 Å². The van der Waals surface area contributed by atoms with E-state index in [9.17, 15) is 19.7 Å². The van der Waals surface area contributed by atoms with E-state index in [4.69, 9.17) is 16.3 Å². The van der Waals surface area contributed by atoms with Gasteiger partial charge >= 0.3 is 0 Å². The zero-order chi connectivity index (χ0) is 20.7. The van der Waals surface area contributed by atoms with Gasteiger partial charge in [0.2, 0.25) is 5.91 Å². The second-order valence-corrected chi connectivity index (χ2v) is 6.30. The van der Waals surface area contributed by atoms with Gasteiger partial charge in [-0.3, -0.25) is 19.7 Å². The highest BCUT2D eigenvalue weighted by Gasteiger charge is 2.23. The first kappa shape index (κ1) is 21.2. The number of hydrogen-bond donors (Lipinski definition) is 1. The van der Waals surface area contributed by atoms with Crippen LogP contribution in [-0.4, -0.2) is 41.8 Å². The number of carbonyl (C=O) groups is 2. The van der Waals surface area contributed by atoms with Gasteiger partial charge in [0, 0.05) is 18.7 Å². The Balaban J connectivity index is 2.20. The summed E-state index contributed by atoms with van der Waals surface area (Å²) in [4.78, 5) is 37.0. The molecule has 0 atom stereocenters. The van der Waals surface area contributed by atoms with Crippen molar-refractivity contribution < 1.29 is 19.2 Å². The van der Waals surface area contributed by atoms with Crippen molar-refractivity contribution in [3.05, 3.63) is 63.2 Å². The molecule has 0 aliphatic rings. The normalized spacial score (nSPS) is 10.2. The van der Waals surface area contributed by atoms with Crippen molar-refractivity contribution in [3.63, 3.8) is 0 Å². The molecule has 0 saturated heterocycles. The molecule has 0 aliphatic heterocycles. The van der Waals surface area contributed by atoms with E-state index in [1.807, 2.05) is 6.92 Å². The summed E-state index contributed by atoms with van der Waals surface area (Å²) < 4.78 is 5.19. The maximum absolute atomic E-state index is 12.9. The van der Waals surface area contributed by atoms with Crippen molar-refractivity contribution in [2.75, 3.05) is 25.5 Å². The molecule has 0 radical (unpaired) electrons. The number of rotatable bonds is 8. The minimum Gasteiger partial charge on any atom is -0.495 e. The molecule has 2 aromatic carbocycles. The molecule has 0 aliphatic carbocycles. The molecule has 0 fully saturated rings. The van der Waals surface area contributed by atoms with E-state index < -0.39 is 16.7 Å². The van der Waals surface area contributed by atoms with Gasteiger partial charge in [0.15, 0.2) is 0 Å². The number of nitro benzene ring substituents is 1. The molecule has 1 N–H and O–H groups in total. The van der Waals surface area contributed by atoms with Crippen LogP contribution in [0.2, 0.25) is 5.02 Å². The summed E-state index contributed by atoms with van der Waals surface area (Å²) in [5, 5.41) is 13.8. The van der Waals surface area contributed by atoms with Crippen LogP contribution in [0.25, 0.3) is 0 Å². The van der Waals surface area contributed by atoms with Gasteiger partial charge < -0.3 is 15.0 Å². The molecule has 8 nitrogen and oxygen atoms in total. The van der Waals surface area contributed by atoms with Gasteiger partial charge in [0.25, 0.3) is 11.6 Å². The van der Waals surface area contributed by atoms with Gasteiger partial charge in [0.05, 0.1) is 28.3 Å². The highest BCUT2D eigenvalue weighted by Crippen LogP contribution is 2.25. The van der Waals surface area contributed by atoms with Gasteiger partial charge in [0.1, 0.15) is 12.3 Å². The molecular weight excluding hydrogens is 386 g/mol. The van der Waals surface area contributed by atoms with Crippen molar-refractivity contribution in [1.29, 1.82) is 0 Å². The van der Waals surface area contributed by atoms with E-state index in [1.165, 1.54) is 24.1 Å². The molecule has 2 amide bonds. The van der Waals surface area contributed by atoms with E-state index in [-0.39, 0.29) is 29.4 Å². The Morgan fingerprint density at radius 3 is 2.61 bits per heavy atom. The number of non-ortho nitro benzene ring substituents is 1. The molecular formula is C19H20ClN3O5. The molecule has 0 saturated carbocycles. The maximum Gasteiger partial charge on any atom is 0.270 e. The number of amides is 2. The number of para-hydroxylation sites is 2. The van der Waals surface area contributed by atoms with Crippen LogP contribution in [0.15, 0.2) is 42.5 Å². The molecule has 148 valence electrons. The number of halogens is 1. The van der Waals surface area contributed by atoms with Gasteiger partial charge in [-0.1, -0.05) is 30.7 Å². The fourth-order valence-electron chi connectivity index (χ4n) is 2.59. The summed E-state index contributed by atoms with van der Waals surface area (Å²) in [6.45, 7) is 1.91. The summed E-state index contributed by atoms with van der Waals surface area (Å²) in [5.74, 6) is -0.482. The van der Waals surface area contributed by atoms with Gasteiger partial charge in [-0.25, -0.2) is 0 Å². The lowest BCUT2D eigenvalue weighted by atomic mass is 10.1. The van der Waals surface area contributed by atoms with E-state index in [0.29, 0.717) is 17.9 Å². The lowest BCUT2D eigenvalue weighted by Gasteiger charge is -2.22. The third-order valence-electron chi connectivity index (χ3n) is 3.89. The Labute approximate surface area is 167 Å². The first-order chi connectivity index (χ1) is 13.4. The molecule has 28 heavy (non-hydrogen) atoms. The summed E-state index contributed by atoms with van der Waals surface area (Å²) in [5.41, 5.74) is 0.212. The van der Waals surface area contributed by atoms with Crippen molar-refractivity contribution in [2.45, 2.75) is 13.3 Å². The van der Waals surface area contributed by atoms with Crippen LogP contribution in [-0.2, 0) is 4.79 Å². The summed E-state index contributed by atoms with van der Waals surface area (Å²) in [6, 6.07) is 10.5. The monoisotopic (exact) mass is 405 g/mol. The number of nitro groups is 1. The average molecular weight is 406 g/mol. The quantitative estimate of drug-likeness (QED) is 0.532. The molecule has 0 bridgehead atoms. The number of nitrogens with zero attached hydrogens (tertiary/aromatic N) is 2. The molecule has 0 unspecified atom stereocenters. The molecule has 0 spiro atoms. The zero-order valence-electron chi connectivity index (χ0n) is 15.5. The summed E-state index contributed by atoms with van der Waals surface area (Å²) >= 11 is 6.06. The van der Waals surface area contributed by atoms with Crippen LogP contribution in [0.5, 0.6) is 5.75 Å². The Bertz CT molecular complexity index is 888. The first-order valence-corrected chi connectivity index (χ1v) is 8.91. The molecule has 9 heteroatoms. The van der Waals surface area contributed by atoms with Crippen LogP contribution in [0, 0.1) is 10.1 Å². The third-order valence-corrected chi connectivity index (χ3v) is 4.22. The number of carbonyl (C=O) groups excluding carboxylic acids is 2. The standard InChI is InChI=1S/C19H20ClN3O5/c1-3-10-22(12-18(24)21-16-6-4-5-7-17(16)28-2)19(25)14-11-13(23(26)27)8-9-15(14)20/h4-9,11H,3,10,12H2,1-2H3,(H,21,24). The predicted octanol–water partition coefficient (Wildman–Crippen LogP) is 3.75. The second kappa shape index (κ2) is 9.70. The predicted molar refractivity (Wildman–Crippen MR) is 106 cm³/mol. The topological polar surface area (TPSA) is 102 Å². The molecule has 0 aromatic heterocycles. The largest absolute Gasteiger partial charge is 0.495 e. The minimum atomic E-state index is -0.605. The Kier molecular flexibility index (Phi) is 7.34. The Hall–Kier alpha value is -3.13. The summed E-state index contributed by atoms with van der Waals surface area (Å²) in [6.07, 6.45) is 0.597. The lowest BCUT2D eigenvalue weighted by Crippen LogP contribution is -2.38. The minimum absolute atomic E-state index is 0.0191. The average Bonchev–Trinajstić information content (AvgIpc) is 2.67. The molecule has 2 aromatic rings. The van der Waals surface area contributed by atoms with Crippen molar-refractivity contribution in [2.24, 2.45) is 0 Å². The fraction of sp³-hybridized carbons (Fsp3) is 0.263. The Morgan fingerprint density at radius 1 is 1.25 bits per heavy atom. The SMILES string of the molecule is CCCN(CC(=O)Nc1ccccc1OC)C(=O)c1cc([N+](=O)[O-])ccc1Cl. The molecule has 2 rings (SSSR count). The third kappa shape index (κ3) is 5.20. The summed E-state index contributed by atoms with van der Waals surface area (Å²) in [7, 11) is 1.49. The van der Waals surface area contributed by atoms with Gasteiger partial charge in [-0.15, -0.1) is 0 Å². The Morgan fingerprint density at radius 2 is 1.96 bits per heavy atom. The highest BCUT2D eigenvalue weighted by atomic mass is 35.5. The lowest BCUT2D eigenvalue weighted by molar-refractivity contribution is -0.384. The highest BCUT2D eigenvalue weighted by molar-refractivity contribution is 6.34. The first-order valence-electron chi connectivity index (χ1n) is 8.53. The van der Waals surface area contributed by atoms with Gasteiger partial charge in [-0.05, 0) is 24.6 Å². The van der Waals surface area contributed by atoms with Crippen molar-refractivity contribution >= 4 is 34.8 Å². The number of methoxy groups -OCH3 is 1. The maximum atomic E-state index is 12.9. The van der Waals surface area contributed by atoms with Crippen LogP contribution in [0.3, 0.4) is 0 Å². The number of benzene rings is 2. The number of nitrogens with one attached hydrogen (secondary N) is 1. The zero-order valence-corrected chi connectivity index (χ0v) is 16.2.